The van der Waals surface area contributed by atoms with Crippen molar-refractivity contribution in [2.45, 2.75) is 38.8 Å². The molecule has 0 aliphatic heterocycles. The van der Waals surface area contributed by atoms with Crippen LogP contribution in [0, 0.1) is 0 Å². The van der Waals surface area contributed by atoms with E-state index in [1.165, 1.54) is 11.9 Å². The van der Waals surface area contributed by atoms with E-state index in [9.17, 15) is 9.59 Å². The average molecular weight is 262 g/mol. The van der Waals surface area contributed by atoms with Gasteiger partial charge in [0, 0.05) is 18.8 Å². The van der Waals surface area contributed by atoms with E-state index < -0.39 is 12.0 Å². The number of nitrogens with zero attached hydrogens (tertiary/aromatic N) is 1. The molecule has 0 spiro atoms. The molecule has 0 saturated carbocycles. The summed E-state index contributed by atoms with van der Waals surface area (Å²) in [6.07, 6.45) is 3.22. The Morgan fingerprint density at radius 3 is 2.29 bits per heavy atom. The fourth-order valence-electron chi connectivity index (χ4n) is 1.49. The quantitative estimate of drug-likeness (QED) is 0.731. The third-order valence-electron chi connectivity index (χ3n) is 2.65. The average Bonchev–Trinajstić information content (AvgIpc) is 2.28. The first-order valence-electron chi connectivity index (χ1n) is 5.72. The van der Waals surface area contributed by atoms with Gasteiger partial charge in [-0.3, -0.25) is 0 Å². The predicted molar refractivity (Wildman–Crippen MR) is 70.5 cm³/mol. The van der Waals surface area contributed by atoms with Crippen LogP contribution < -0.4 is 5.32 Å². The number of carbonyl (C=O) groups is 2. The summed E-state index contributed by atoms with van der Waals surface area (Å²) in [6, 6.07) is -0.992. The molecule has 2 atom stereocenters. The fourth-order valence-corrected chi connectivity index (χ4v) is 2.22. The van der Waals surface area contributed by atoms with Crippen LogP contribution in [0.25, 0.3) is 0 Å². The highest BCUT2D eigenvalue weighted by atomic mass is 32.2. The molecule has 0 saturated heterocycles. The smallest absolute Gasteiger partial charge is 0.326 e. The van der Waals surface area contributed by atoms with Gasteiger partial charge in [0.05, 0.1) is 0 Å². The Balaban J connectivity index is 4.42. The van der Waals surface area contributed by atoms with Gasteiger partial charge in [0.25, 0.3) is 0 Å². The summed E-state index contributed by atoms with van der Waals surface area (Å²) in [5.74, 6) is -0.136. The number of likely N-dealkylation sites (N-methyl/N-ethyl adjacent to an activating group) is 1. The van der Waals surface area contributed by atoms with Gasteiger partial charge in [-0.25, -0.2) is 9.59 Å². The molecule has 2 unspecified atom stereocenters. The van der Waals surface area contributed by atoms with Gasteiger partial charge >= 0.3 is 12.0 Å². The first-order valence-corrected chi connectivity index (χ1v) is 7.12. The first kappa shape index (κ1) is 16.1. The summed E-state index contributed by atoms with van der Waals surface area (Å²) in [5.41, 5.74) is 0. The number of thioether (sulfide) groups is 1. The Labute approximate surface area is 107 Å². The highest BCUT2D eigenvalue weighted by molar-refractivity contribution is 7.98. The summed E-state index contributed by atoms with van der Waals surface area (Å²) in [7, 11) is 1.52. The fraction of sp³-hybridized carbons (Fsp3) is 0.818. The number of carbonyl (C=O) groups excluding carboxylic acids is 1. The number of hydrogen-bond acceptors (Lipinski definition) is 3. The molecule has 0 radical (unpaired) electrons. The minimum Gasteiger partial charge on any atom is -0.480 e. The van der Waals surface area contributed by atoms with Gasteiger partial charge < -0.3 is 15.3 Å². The molecule has 6 heteroatoms. The second-order valence-corrected chi connectivity index (χ2v) is 4.79. The Morgan fingerprint density at radius 2 is 1.94 bits per heavy atom. The van der Waals surface area contributed by atoms with Crippen molar-refractivity contribution >= 4 is 23.8 Å². The molecule has 0 aliphatic carbocycles. The van der Waals surface area contributed by atoms with Crippen LogP contribution in [0.4, 0.5) is 4.79 Å². The van der Waals surface area contributed by atoms with Crippen molar-refractivity contribution in [2.75, 3.05) is 19.1 Å². The van der Waals surface area contributed by atoms with Crippen molar-refractivity contribution in [3.8, 4) is 0 Å². The van der Waals surface area contributed by atoms with Crippen LogP contribution >= 0.6 is 11.8 Å². The number of aliphatic carboxylic acids is 1. The second-order valence-electron chi connectivity index (χ2n) is 3.88. The highest BCUT2D eigenvalue weighted by Gasteiger charge is 2.25. The lowest BCUT2D eigenvalue weighted by Crippen LogP contribution is -2.50. The minimum absolute atomic E-state index is 0.0891. The van der Waals surface area contributed by atoms with E-state index in [0.29, 0.717) is 6.42 Å². The monoisotopic (exact) mass is 262 g/mol. The molecule has 0 aromatic heterocycles. The minimum atomic E-state index is -0.969. The summed E-state index contributed by atoms with van der Waals surface area (Å²) < 4.78 is 0. The molecule has 5 nitrogen and oxygen atoms in total. The molecule has 0 aromatic rings. The zero-order valence-corrected chi connectivity index (χ0v) is 11.7. The van der Waals surface area contributed by atoms with Gasteiger partial charge in [-0.2, -0.15) is 11.8 Å². The Hall–Kier alpha value is -0.910. The number of carboxylic acid groups (broad SMARTS) is 1. The van der Waals surface area contributed by atoms with Gasteiger partial charge in [0.15, 0.2) is 0 Å². The number of nitrogens with one attached hydrogen (secondary N) is 1. The van der Waals surface area contributed by atoms with Crippen LogP contribution in [-0.4, -0.2) is 53.1 Å². The lowest BCUT2D eigenvalue weighted by atomic mass is 10.2. The van der Waals surface area contributed by atoms with Crippen LogP contribution in [0.5, 0.6) is 0 Å². The lowest BCUT2D eigenvalue weighted by Gasteiger charge is -2.26. The van der Waals surface area contributed by atoms with Crippen molar-refractivity contribution in [1.29, 1.82) is 0 Å². The topological polar surface area (TPSA) is 69.6 Å². The maximum absolute atomic E-state index is 11.8. The van der Waals surface area contributed by atoms with E-state index in [1.807, 2.05) is 13.2 Å². The summed E-state index contributed by atoms with van der Waals surface area (Å²) in [6.45, 7) is 3.75. The maximum atomic E-state index is 11.8. The van der Waals surface area contributed by atoms with E-state index in [2.05, 4.69) is 5.32 Å². The van der Waals surface area contributed by atoms with E-state index >= 15 is 0 Å². The molecule has 2 N–H and O–H groups in total. The Bertz CT molecular complexity index is 261. The van der Waals surface area contributed by atoms with E-state index in [0.717, 1.165) is 12.2 Å². The number of hydrogen-bond donors (Lipinski definition) is 2. The van der Waals surface area contributed by atoms with Crippen molar-refractivity contribution in [3.63, 3.8) is 0 Å². The summed E-state index contributed by atoms with van der Waals surface area (Å²) in [5, 5.41) is 11.8. The Morgan fingerprint density at radius 1 is 1.35 bits per heavy atom. The zero-order chi connectivity index (χ0) is 13.4. The Kier molecular flexibility index (Phi) is 7.78. The number of rotatable bonds is 7. The van der Waals surface area contributed by atoms with E-state index in [4.69, 9.17) is 5.11 Å². The van der Waals surface area contributed by atoms with Gasteiger partial charge in [0.2, 0.25) is 0 Å². The third-order valence-corrected chi connectivity index (χ3v) is 3.38. The third kappa shape index (κ3) is 5.30. The van der Waals surface area contributed by atoms with Crippen molar-refractivity contribution in [3.05, 3.63) is 0 Å². The largest absolute Gasteiger partial charge is 0.480 e. The van der Waals surface area contributed by atoms with Gasteiger partial charge in [0.1, 0.15) is 6.04 Å². The lowest BCUT2D eigenvalue weighted by molar-refractivity contribution is -0.141. The predicted octanol–water partition coefficient (Wildman–Crippen LogP) is 1.63. The van der Waals surface area contributed by atoms with Crippen LogP contribution in [0.2, 0.25) is 0 Å². The molecule has 0 aliphatic rings. The first-order chi connectivity index (χ1) is 7.97. The number of urea groups is 1. The molecule has 0 bridgehead atoms. The molecule has 17 heavy (non-hydrogen) atoms. The molecule has 0 fully saturated rings. The van der Waals surface area contributed by atoms with Crippen molar-refractivity contribution in [1.82, 2.24) is 10.2 Å². The van der Waals surface area contributed by atoms with Gasteiger partial charge in [-0.05, 0) is 19.1 Å². The second kappa shape index (κ2) is 8.22. The van der Waals surface area contributed by atoms with E-state index in [-0.39, 0.29) is 12.1 Å². The molecular formula is C11H22N2O3S. The van der Waals surface area contributed by atoms with Crippen LogP contribution in [0.1, 0.15) is 26.7 Å². The normalized spacial score (nSPS) is 13.9. The van der Waals surface area contributed by atoms with Crippen LogP contribution in [-0.2, 0) is 4.79 Å². The highest BCUT2D eigenvalue weighted by Crippen LogP contribution is 2.05. The van der Waals surface area contributed by atoms with E-state index in [1.54, 1.807) is 18.7 Å². The van der Waals surface area contributed by atoms with Gasteiger partial charge in [-0.15, -0.1) is 0 Å². The maximum Gasteiger partial charge on any atom is 0.326 e. The molecule has 0 rings (SSSR count). The SMILES string of the molecule is CCC(CSC)NC(=O)N(C)C(CC)C(=O)O. The molecular weight excluding hydrogens is 240 g/mol. The standard InChI is InChI=1S/C11H22N2O3S/c1-5-8(7-17-4)12-11(16)13(3)9(6-2)10(14)15/h8-9H,5-7H2,1-4H3,(H,12,16)(H,14,15). The van der Waals surface area contributed by atoms with Crippen LogP contribution in [0.15, 0.2) is 0 Å². The van der Waals surface area contributed by atoms with Crippen molar-refractivity contribution < 1.29 is 14.7 Å². The summed E-state index contributed by atoms with van der Waals surface area (Å²) >= 11 is 1.66. The zero-order valence-electron chi connectivity index (χ0n) is 10.9. The molecule has 2 amide bonds. The molecule has 0 heterocycles. The molecule has 100 valence electrons. The molecule has 0 aromatic carbocycles. The summed E-state index contributed by atoms with van der Waals surface area (Å²) in [4.78, 5) is 24.0. The van der Waals surface area contributed by atoms with Crippen LogP contribution in [0.3, 0.4) is 0 Å². The number of amides is 2. The number of carboxylic acids is 1. The van der Waals surface area contributed by atoms with Crippen molar-refractivity contribution in [2.24, 2.45) is 0 Å². The van der Waals surface area contributed by atoms with Gasteiger partial charge in [-0.1, -0.05) is 13.8 Å².